The standard InChI is InChI=1S/C18H20O5/c1-10(19)13-6-4-11-3-5-12(7-14(11)13)23-16-9-22-17-15(20-2)8-21-18(16)17/h3,5-7,15-18H,4,8-9H2,1-2H3/t15-,16-,17-,18-/m1/s1. The van der Waals surface area contributed by atoms with Crippen LogP contribution < -0.4 is 4.74 Å². The summed E-state index contributed by atoms with van der Waals surface area (Å²) in [6.45, 7) is 2.62. The fourth-order valence-electron chi connectivity index (χ4n) is 3.62. The van der Waals surface area contributed by atoms with Gasteiger partial charge in [-0.15, -0.1) is 0 Å². The molecular formula is C18H20O5. The highest BCUT2D eigenvalue weighted by Crippen LogP contribution is 2.34. The predicted molar refractivity (Wildman–Crippen MR) is 83.5 cm³/mol. The van der Waals surface area contributed by atoms with Crippen molar-refractivity contribution in [2.75, 3.05) is 20.3 Å². The summed E-state index contributed by atoms with van der Waals surface area (Å²) in [7, 11) is 1.67. The molecule has 4 atom stereocenters. The van der Waals surface area contributed by atoms with Gasteiger partial charge in [-0.2, -0.15) is 0 Å². The van der Waals surface area contributed by atoms with Gasteiger partial charge in [0.2, 0.25) is 0 Å². The van der Waals surface area contributed by atoms with Crippen molar-refractivity contribution in [1.29, 1.82) is 0 Å². The highest BCUT2D eigenvalue weighted by molar-refractivity contribution is 6.21. The van der Waals surface area contributed by atoms with Crippen molar-refractivity contribution in [3.05, 3.63) is 35.4 Å². The van der Waals surface area contributed by atoms with E-state index in [4.69, 9.17) is 18.9 Å². The molecule has 0 radical (unpaired) electrons. The summed E-state index contributed by atoms with van der Waals surface area (Å²) in [6.07, 6.45) is 2.45. The average molecular weight is 316 g/mol. The number of allylic oxidation sites excluding steroid dienone is 2. The van der Waals surface area contributed by atoms with Crippen LogP contribution in [0, 0.1) is 0 Å². The number of hydrogen-bond donors (Lipinski definition) is 0. The summed E-state index contributed by atoms with van der Waals surface area (Å²) in [5, 5.41) is 0. The third kappa shape index (κ3) is 2.49. The van der Waals surface area contributed by atoms with E-state index in [2.05, 4.69) is 0 Å². The zero-order chi connectivity index (χ0) is 16.0. The molecule has 2 fully saturated rings. The minimum atomic E-state index is -0.149. The summed E-state index contributed by atoms with van der Waals surface area (Å²) in [6, 6.07) is 5.93. The fraction of sp³-hybridized carbons (Fsp3) is 0.500. The van der Waals surface area contributed by atoms with Gasteiger partial charge in [-0.05, 0) is 36.6 Å². The number of carbonyl (C=O) groups is 1. The molecule has 0 N–H and O–H groups in total. The number of methoxy groups -OCH3 is 1. The third-order valence-electron chi connectivity index (χ3n) is 4.83. The second-order valence-electron chi connectivity index (χ2n) is 6.22. The van der Waals surface area contributed by atoms with E-state index in [1.54, 1.807) is 14.0 Å². The van der Waals surface area contributed by atoms with Crippen LogP contribution in [0.1, 0.15) is 18.1 Å². The molecule has 2 aliphatic heterocycles. The molecule has 3 aliphatic rings. The van der Waals surface area contributed by atoms with Gasteiger partial charge in [-0.25, -0.2) is 0 Å². The molecule has 0 bridgehead atoms. The van der Waals surface area contributed by atoms with Crippen LogP contribution in [0.4, 0.5) is 0 Å². The lowest BCUT2D eigenvalue weighted by atomic mass is 10.0. The summed E-state index contributed by atoms with van der Waals surface area (Å²) in [4.78, 5) is 11.7. The number of benzene rings is 1. The van der Waals surface area contributed by atoms with Crippen molar-refractivity contribution < 1.29 is 23.7 Å². The maximum absolute atomic E-state index is 11.7. The normalized spacial score (nSPS) is 31.7. The maximum atomic E-state index is 11.7. The van der Waals surface area contributed by atoms with E-state index in [9.17, 15) is 4.79 Å². The summed E-state index contributed by atoms with van der Waals surface area (Å²) in [5.41, 5.74) is 2.93. The number of fused-ring (bicyclic) bond motifs is 2. The first kappa shape index (κ1) is 14.9. The zero-order valence-corrected chi connectivity index (χ0v) is 13.3. The van der Waals surface area contributed by atoms with E-state index in [0.29, 0.717) is 13.2 Å². The van der Waals surface area contributed by atoms with Gasteiger partial charge in [-0.3, -0.25) is 4.79 Å². The molecule has 0 saturated carbocycles. The number of ether oxygens (including phenoxy) is 4. The van der Waals surface area contributed by atoms with Gasteiger partial charge < -0.3 is 18.9 Å². The van der Waals surface area contributed by atoms with Crippen LogP contribution >= 0.6 is 0 Å². The minimum absolute atomic E-state index is 0.0270. The van der Waals surface area contributed by atoms with Crippen LogP contribution in [0.2, 0.25) is 0 Å². The minimum Gasteiger partial charge on any atom is -0.485 e. The van der Waals surface area contributed by atoms with Crippen LogP contribution in [0.25, 0.3) is 5.57 Å². The lowest BCUT2D eigenvalue weighted by molar-refractivity contribution is -0.111. The Kier molecular flexibility index (Phi) is 3.71. The maximum Gasteiger partial charge on any atom is 0.160 e. The molecule has 5 heteroatoms. The zero-order valence-electron chi connectivity index (χ0n) is 13.3. The largest absolute Gasteiger partial charge is 0.485 e. The number of ketones is 1. The van der Waals surface area contributed by atoms with E-state index in [-0.39, 0.29) is 30.2 Å². The first-order valence-corrected chi connectivity index (χ1v) is 7.94. The second kappa shape index (κ2) is 5.74. The van der Waals surface area contributed by atoms with Crippen molar-refractivity contribution >= 4 is 11.4 Å². The van der Waals surface area contributed by atoms with Crippen LogP contribution in [0.5, 0.6) is 5.75 Å². The third-order valence-corrected chi connectivity index (χ3v) is 4.83. The molecular weight excluding hydrogens is 296 g/mol. The molecule has 2 heterocycles. The van der Waals surface area contributed by atoms with Crippen LogP contribution in [-0.4, -0.2) is 50.5 Å². The molecule has 122 valence electrons. The molecule has 1 aliphatic carbocycles. The van der Waals surface area contributed by atoms with Crippen LogP contribution in [0.15, 0.2) is 24.3 Å². The van der Waals surface area contributed by atoms with Crippen LogP contribution in [-0.2, 0) is 25.4 Å². The molecule has 0 unspecified atom stereocenters. The van der Waals surface area contributed by atoms with Gasteiger partial charge in [0.25, 0.3) is 0 Å². The number of Topliss-reactive ketones (excluding diaryl/α,β-unsaturated/α-hetero) is 1. The fourth-order valence-corrected chi connectivity index (χ4v) is 3.62. The van der Waals surface area contributed by atoms with E-state index in [0.717, 1.165) is 23.3 Å². The predicted octanol–water partition coefficient (Wildman–Crippen LogP) is 1.78. The Balaban J connectivity index is 1.52. The van der Waals surface area contributed by atoms with Gasteiger partial charge in [0.15, 0.2) is 11.9 Å². The molecule has 0 spiro atoms. The molecule has 23 heavy (non-hydrogen) atoms. The van der Waals surface area contributed by atoms with Gasteiger partial charge in [-0.1, -0.05) is 12.1 Å². The number of rotatable bonds is 4. The summed E-state index contributed by atoms with van der Waals surface area (Å²) < 4.78 is 23.0. The van der Waals surface area contributed by atoms with Crippen molar-refractivity contribution in [3.8, 4) is 5.75 Å². The first-order chi connectivity index (χ1) is 11.2. The lowest BCUT2D eigenvalue weighted by Gasteiger charge is -2.18. The molecule has 0 aromatic heterocycles. The quantitative estimate of drug-likeness (QED) is 0.847. The molecule has 4 rings (SSSR count). The highest BCUT2D eigenvalue weighted by atomic mass is 16.6. The number of carbonyl (C=O) groups excluding carboxylic acids is 1. The number of hydrogen-bond acceptors (Lipinski definition) is 5. The summed E-state index contributed by atoms with van der Waals surface area (Å²) >= 11 is 0. The van der Waals surface area contributed by atoms with E-state index in [1.165, 1.54) is 5.56 Å². The van der Waals surface area contributed by atoms with E-state index in [1.807, 2.05) is 24.3 Å². The smallest absolute Gasteiger partial charge is 0.160 e. The van der Waals surface area contributed by atoms with E-state index < -0.39 is 0 Å². The Bertz CT molecular complexity index is 665. The molecule has 2 saturated heterocycles. The van der Waals surface area contributed by atoms with Crippen molar-refractivity contribution in [2.45, 2.75) is 37.8 Å². The Morgan fingerprint density at radius 1 is 1.17 bits per heavy atom. The Morgan fingerprint density at radius 3 is 2.65 bits per heavy atom. The Morgan fingerprint density at radius 2 is 1.91 bits per heavy atom. The highest BCUT2D eigenvalue weighted by Gasteiger charge is 2.49. The first-order valence-electron chi connectivity index (χ1n) is 7.94. The molecule has 5 nitrogen and oxygen atoms in total. The van der Waals surface area contributed by atoms with Crippen molar-refractivity contribution in [1.82, 2.24) is 0 Å². The molecule has 0 amide bonds. The summed E-state index contributed by atoms with van der Waals surface area (Å²) in [5.74, 6) is 0.837. The van der Waals surface area contributed by atoms with E-state index >= 15 is 0 Å². The molecule has 1 aromatic rings. The van der Waals surface area contributed by atoms with Crippen molar-refractivity contribution in [2.24, 2.45) is 0 Å². The average Bonchev–Trinajstić information content (AvgIpc) is 3.22. The van der Waals surface area contributed by atoms with Crippen molar-refractivity contribution in [3.63, 3.8) is 0 Å². The Labute approximate surface area is 135 Å². The lowest BCUT2D eigenvalue weighted by Crippen LogP contribution is -2.35. The second-order valence-corrected chi connectivity index (χ2v) is 6.22. The Hall–Kier alpha value is -1.69. The van der Waals surface area contributed by atoms with Gasteiger partial charge in [0, 0.05) is 12.7 Å². The topological polar surface area (TPSA) is 54.0 Å². The van der Waals surface area contributed by atoms with Gasteiger partial charge >= 0.3 is 0 Å². The monoisotopic (exact) mass is 316 g/mol. The molecule has 1 aromatic carbocycles. The van der Waals surface area contributed by atoms with Crippen LogP contribution in [0.3, 0.4) is 0 Å². The van der Waals surface area contributed by atoms with Gasteiger partial charge in [0.05, 0.1) is 13.2 Å². The van der Waals surface area contributed by atoms with Gasteiger partial charge in [0.1, 0.15) is 24.1 Å². The SMILES string of the molecule is CO[C@@H]1CO[C@H]2[C@@H]1OC[C@H]2Oc1ccc2c(c1)C(C(C)=O)=CC2.